The monoisotopic (exact) mass is 317 g/mol. The zero-order chi connectivity index (χ0) is 13.8. The Labute approximate surface area is 116 Å². The van der Waals surface area contributed by atoms with E-state index in [-0.39, 0.29) is 17.3 Å². The Kier molecular flexibility index (Phi) is 5.72. The van der Waals surface area contributed by atoms with Crippen LogP contribution in [0.4, 0.5) is 4.39 Å². The van der Waals surface area contributed by atoms with Crippen molar-refractivity contribution in [2.45, 2.75) is 25.3 Å². The zero-order valence-corrected chi connectivity index (χ0v) is 12.4. The summed E-state index contributed by atoms with van der Waals surface area (Å²) < 4.78 is 14.7. The maximum atomic E-state index is 13.8. The summed E-state index contributed by atoms with van der Waals surface area (Å²) in [5.41, 5.74) is 11.6. The molecule has 0 saturated carbocycles. The van der Waals surface area contributed by atoms with Crippen LogP contribution in [0.25, 0.3) is 0 Å². The molecule has 0 fully saturated rings. The first-order chi connectivity index (χ1) is 8.36. The molecule has 1 aromatic carbocycles. The lowest BCUT2D eigenvalue weighted by atomic mass is 9.84. The highest BCUT2D eigenvalue weighted by molar-refractivity contribution is 9.10. The van der Waals surface area contributed by atoms with Crippen molar-refractivity contribution in [2.24, 2.45) is 11.5 Å². The molecule has 18 heavy (non-hydrogen) atoms. The van der Waals surface area contributed by atoms with Gasteiger partial charge in [0, 0.05) is 35.6 Å². The maximum absolute atomic E-state index is 13.8. The minimum absolute atomic E-state index is 0.0619. The Hall–Kier alpha value is -0.490. The molecule has 3 nitrogen and oxygen atoms in total. The number of hydrogen-bond donors (Lipinski definition) is 3. The van der Waals surface area contributed by atoms with Crippen LogP contribution in [0.2, 0.25) is 0 Å². The lowest BCUT2D eigenvalue weighted by Gasteiger charge is -2.27. The van der Waals surface area contributed by atoms with Crippen molar-refractivity contribution in [1.82, 2.24) is 5.32 Å². The van der Waals surface area contributed by atoms with Gasteiger partial charge in [0.05, 0.1) is 0 Å². The normalized spacial score (nSPS) is 13.7. The Morgan fingerprint density at radius 1 is 1.44 bits per heavy atom. The second-order valence-corrected chi connectivity index (χ2v) is 6.05. The quantitative estimate of drug-likeness (QED) is 0.749. The van der Waals surface area contributed by atoms with Crippen molar-refractivity contribution >= 4 is 15.9 Å². The summed E-state index contributed by atoms with van der Waals surface area (Å²) in [5.74, 6) is -0.187. The van der Waals surface area contributed by atoms with Gasteiger partial charge in [-0.25, -0.2) is 4.39 Å². The number of rotatable bonds is 6. The van der Waals surface area contributed by atoms with E-state index < -0.39 is 0 Å². The summed E-state index contributed by atoms with van der Waals surface area (Å²) in [5, 5.41) is 3.23. The van der Waals surface area contributed by atoms with Gasteiger partial charge in [-0.1, -0.05) is 29.8 Å². The largest absolute Gasteiger partial charge is 0.329 e. The summed E-state index contributed by atoms with van der Waals surface area (Å²) in [6.45, 7) is 5.72. The van der Waals surface area contributed by atoms with Gasteiger partial charge in [0.1, 0.15) is 5.82 Å². The van der Waals surface area contributed by atoms with E-state index in [1.54, 1.807) is 6.07 Å². The number of halogens is 2. The number of nitrogens with one attached hydrogen (secondary N) is 1. The van der Waals surface area contributed by atoms with Gasteiger partial charge in [-0.3, -0.25) is 0 Å². The molecule has 0 heterocycles. The van der Waals surface area contributed by atoms with E-state index in [1.807, 2.05) is 19.9 Å². The van der Waals surface area contributed by atoms with E-state index in [4.69, 9.17) is 11.5 Å². The molecule has 102 valence electrons. The van der Waals surface area contributed by atoms with Crippen LogP contribution in [0.1, 0.15) is 19.4 Å². The van der Waals surface area contributed by atoms with Crippen molar-refractivity contribution in [3.8, 4) is 0 Å². The molecule has 0 spiro atoms. The predicted molar refractivity (Wildman–Crippen MR) is 77.0 cm³/mol. The molecule has 0 radical (unpaired) electrons. The third-order valence-electron chi connectivity index (χ3n) is 2.93. The molecule has 1 aromatic rings. The zero-order valence-electron chi connectivity index (χ0n) is 10.8. The molecule has 0 aliphatic heterocycles. The lowest BCUT2D eigenvalue weighted by molar-refractivity contribution is 0.434. The Morgan fingerprint density at radius 3 is 2.72 bits per heavy atom. The molecular formula is C13H21BrFN3. The lowest BCUT2D eigenvalue weighted by Crippen LogP contribution is -2.43. The molecule has 0 amide bonds. The van der Waals surface area contributed by atoms with Crippen molar-refractivity contribution in [1.29, 1.82) is 0 Å². The van der Waals surface area contributed by atoms with Crippen LogP contribution in [-0.4, -0.2) is 25.7 Å². The van der Waals surface area contributed by atoms with Crippen LogP contribution >= 0.6 is 15.9 Å². The highest BCUT2D eigenvalue weighted by Gasteiger charge is 2.24. The summed E-state index contributed by atoms with van der Waals surface area (Å²) in [4.78, 5) is 0. The molecule has 0 aromatic heterocycles. The Morgan fingerprint density at radius 2 is 2.11 bits per heavy atom. The fraction of sp³-hybridized carbons (Fsp3) is 0.538. The SMILES string of the molecule is CC(C)(CNCC(N)CN)c1cc(Br)ccc1F. The molecular weight excluding hydrogens is 297 g/mol. The Balaban J connectivity index is 2.70. The summed E-state index contributed by atoms with van der Waals surface area (Å²) >= 11 is 3.37. The fourth-order valence-electron chi connectivity index (χ4n) is 1.76. The van der Waals surface area contributed by atoms with Crippen molar-refractivity contribution < 1.29 is 4.39 Å². The molecule has 1 unspecified atom stereocenters. The maximum Gasteiger partial charge on any atom is 0.127 e. The molecule has 1 rings (SSSR count). The summed E-state index contributed by atoms with van der Waals surface area (Å²) in [6, 6.07) is 4.94. The van der Waals surface area contributed by atoms with Crippen molar-refractivity contribution in [3.63, 3.8) is 0 Å². The summed E-state index contributed by atoms with van der Waals surface area (Å²) in [7, 11) is 0. The van der Waals surface area contributed by atoms with Gasteiger partial charge in [0.25, 0.3) is 0 Å². The molecule has 5 heteroatoms. The first-order valence-electron chi connectivity index (χ1n) is 5.98. The van der Waals surface area contributed by atoms with Gasteiger partial charge in [-0.2, -0.15) is 0 Å². The first-order valence-corrected chi connectivity index (χ1v) is 6.78. The molecule has 5 N–H and O–H groups in total. The minimum Gasteiger partial charge on any atom is -0.329 e. The molecule has 0 bridgehead atoms. The average molecular weight is 318 g/mol. The third-order valence-corrected chi connectivity index (χ3v) is 3.43. The molecule has 0 aliphatic carbocycles. The van der Waals surface area contributed by atoms with Crippen LogP contribution in [0, 0.1) is 5.82 Å². The highest BCUT2D eigenvalue weighted by atomic mass is 79.9. The number of hydrogen-bond acceptors (Lipinski definition) is 3. The average Bonchev–Trinajstić information content (AvgIpc) is 2.31. The molecule has 0 saturated heterocycles. The van der Waals surface area contributed by atoms with Gasteiger partial charge >= 0.3 is 0 Å². The first kappa shape index (κ1) is 15.6. The van der Waals surface area contributed by atoms with Gasteiger partial charge in [0.2, 0.25) is 0 Å². The van der Waals surface area contributed by atoms with Crippen molar-refractivity contribution in [3.05, 3.63) is 34.1 Å². The Bertz CT molecular complexity index is 396. The second kappa shape index (κ2) is 6.61. The van der Waals surface area contributed by atoms with Gasteiger partial charge < -0.3 is 16.8 Å². The smallest absolute Gasteiger partial charge is 0.127 e. The third kappa shape index (κ3) is 4.31. The van der Waals surface area contributed by atoms with Crippen molar-refractivity contribution in [2.75, 3.05) is 19.6 Å². The van der Waals surface area contributed by atoms with E-state index in [1.165, 1.54) is 6.07 Å². The minimum atomic E-state index is -0.303. The van der Waals surface area contributed by atoms with Crippen LogP contribution in [0.5, 0.6) is 0 Å². The summed E-state index contributed by atoms with van der Waals surface area (Å²) in [6.07, 6.45) is 0. The van der Waals surface area contributed by atoms with Crippen LogP contribution in [0.15, 0.2) is 22.7 Å². The standard InChI is InChI=1S/C13H21BrFN3/c1-13(2,8-18-7-10(17)6-16)11-5-9(14)3-4-12(11)15/h3-5,10,18H,6-8,16-17H2,1-2H3. The van der Waals surface area contributed by atoms with Gasteiger partial charge in [-0.05, 0) is 23.8 Å². The van der Waals surface area contributed by atoms with Crippen LogP contribution in [0.3, 0.4) is 0 Å². The van der Waals surface area contributed by atoms with E-state index in [2.05, 4.69) is 21.2 Å². The number of benzene rings is 1. The van der Waals surface area contributed by atoms with E-state index in [0.717, 1.165) is 4.47 Å². The fourth-order valence-corrected chi connectivity index (χ4v) is 2.13. The highest BCUT2D eigenvalue weighted by Crippen LogP contribution is 2.27. The molecule has 0 aliphatic rings. The predicted octanol–water partition coefficient (Wildman–Crippen LogP) is 1.74. The van der Waals surface area contributed by atoms with E-state index in [0.29, 0.717) is 25.2 Å². The van der Waals surface area contributed by atoms with E-state index >= 15 is 0 Å². The molecule has 1 atom stereocenters. The van der Waals surface area contributed by atoms with E-state index in [9.17, 15) is 4.39 Å². The van der Waals surface area contributed by atoms with Crippen LogP contribution < -0.4 is 16.8 Å². The second-order valence-electron chi connectivity index (χ2n) is 5.13. The topological polar surface area (TPSA) is 64.1 Å². The van der Waals surface area contributed by atoms with Crippen LogP contribution in [-0.2, 0) is 5.41 Å². The number of nitrogens with two attached hydrogens (primary N) is 2. The van der Waals surface area contributed by atoms with Gasteiger partial charge in [0.15, 0.2) is 0 Å². The van der Waals surface area contributed by atoms with Gasteiger partial charge in [-0.15, -0.1) is 0 Å².